The van der Waals surface area contributed by atoms with E-state index in [1.165, 1.54) is 0 Å². The first-order chi connectivity index (χ1) is 7.03. The topological polar surface area (TPSA) is 58.3 Å². The SMILES string of the molecule is CCCn1nccc1C(O)C(C)(O)CC. The Morgan fingerprint density at radius 2 is 2.20 bits per heavy atom. The van der Waals surface area contributed by atoms with Crippen molar-refractivity contribution in [2.24, 2.45) is 0 Å². The number of aryl methyl sites for hydroxylation is 1. The molecule has 1 heterocycles. The van der Waals surface area contributed by atoms with Crippen molar-refractivity contribution >= 4 is 0 Å². The maximum atomic E-state index is 10.0. The summed E-state index contributed by atoms with van der Waals surface area (Å²) < 4.78 is 1.74. The van der Waals surface area contributed by atoms with Gasteiger partial charge < -0.3 is 10.2 Å². The number of hydrogen-bond acceptors (Lipinski definition) is 3. The van der Waals surface area contributed by atoms with E-state index in [0.29, 0.717) is 12.1 Å². The number of aromatic nitrogens is 2. The monoisotopic (exact) mass is 212 g/mol. The van der Waals surface area contributed by atoms with Gasteiger partial charge in [0.05, 0.1) is 11.3 Å². The summed E-state index contributed by atoms with van der Waals surface area (Å²) in [5, 5.41) is 24.1. The first kappa shape index (κ1) is 12.2. The average molecular weight is 212 g/mol. The molecule has 4 heteroatoms. The molecule has 1 rings (SSSR count). The van der Waals surface area contributed by atoms with Gasteiger partial charge in [0.2, 0.25) is 0 Å². The van der Waals surface area contributed by atoms with Gasteiger partial charge in [-0.15, -0.1) is 0 Å². The number of aliphatic hydroxyl groups is 2. The van der Waals surface area contributed by atoms with Crippen molar-refractivity contribution in [3.05, 3.63) is 18.0 Å². The van der Waals surface area contributed by atoms with Crippen molar-refractivity contribution < 1.29 is 10.2 Å². The van der Waals surface area contributed by atoms with Crippen LogP contribution in [-0.4, -0.2) is 25.6 Å². The van der Waals surface area contributed by atoms with Crippen molar-refractivity contribution in [2.45, 2.75) is 51.9 Å². The van der Waals surface area contributed by atoms with Gasteiger partial charge in [-0.25, -0.2) is 0 Å². The van der Waals surface area contributed by atoms with Crippen molar-refractivity contribution in [3.63, 3.8) is 0 Å². The molecule has 0 radical (unpaired) electrons. The quantitative estimate of drug-likeness (QED) is 0.777. The minimum Gasteiger partial charge on any atom is -0.387 e. The molecule has 0 saturated carbocycles. The Morgan fingerprint density at radius 3 is 2.73 bits per heavy atom. The lowest BCUT2D eigenvalue weighted by molar-refractivity contribution is -0.0697. The molecule has 86 valence electrons. The molecule has 2 unspecified atom stereocenters. The fourth-order valence-electron chi connectivity index (χ4n) is 1.49. The van der Waals surface area contributed by atoms with Gasteiger partial charge in [0.1, 0.15) is 6.10 Å². The van der Waals surface area contributed by atoms with Crippen molar-refractivity contribution in [2.75, 3.05) is 0 Å². The van der Waals surface area contributed by atoms with E-state index >= 15 is 0 Å². The lowest BCUT2D eigenvalue weighted by Crippen LogP contribution is -2.33. The summed E-state index contributed by atoms with van der Waals surface area (Å²) in [4.78, 5) is 0. The van der Waals surface area contributed by atoms with Crippen LogP contribution in [0.25, 0.3) is 0 Å². The highest BCUT2D eigenvalue weighted by Crippen LogP contribution is 2.28. The van der Waals surface area contributed by atoms with E-state index in [1.54, 1.807) is 23.9 Å². The van der Waals surface area contributed by atoms with Crippen molar-refractivity contribution in [3.8, 4) is 0 Å². The highest BCUT2D eigenvalue weighted by atomic mass is 16.3. The van der Waals surface area contributed by atoms with E-state index < -0.39 is 11.7 Å². The Bertz CT molecular complexity index is 307. The normalized spacial score (nSPS) is 17.4. The number of nitrogens with zero attached hydrogens (tertiary/aromatic N) is 2. The second kappa shape index (κ2) is 4.77. The lowest BCUT2D eigenvalue weighted by atomic mass is 9.94. The molecule has 0 fully saturated rings. The van der Waals surface area contributed by atoms with E-state index in [-0.39, 0.29) is 0 Å². The molecule has 0 bridgehead atoms. The first-order valence-corrected chi connectivity index (χ1v) is 5.45. The summed E-state index contributed by atoms with van der Waals surface area (Å²) in [5.41, 5.74) is -0.408. The zero-order valence-corrected chi connectivity index (χ0v) is 9.64. The summed E-state index contributed by atoms with van der Waals surface area (Å²) in [7, 11) is 0. The Morgan fingerprint density at radius 1 is 1.53 bits per heavy atom. The lowest BCUT2D eigenvalue weighted by Gasteiger charge is -2.28. The van der Waals surface area contributed by atoms with E-state index in [0.717, 1.165) is 13.0 Å². The van der Waals surface area contributed by atoms with E-state index in [9.17, 15) is 10.2 Å². The zero-order chi connectivity index (χ0) is 11.5. The van der Waals surface area contributed by atoms with Crippen LogP contribution in [0, 0.1) is 0 Å². The standard InChI is InChI=1S/C11H20N2O2/c1-4-8-13-9(6-7-12-13)10(14)11(3,15)5-2/h6-7,10,14-15H,4-5,8H2,1-3H3. The molecule has 1 aromatic heterocycles. The predicted octanol–water partition coefficient (Wildman–Crippen LogP) is 1.49. The van der Waals surface area contributed by atoms with E-state index in [1.807, 2.05) is 6.92 Å². The van der Waals surface area contributed by atoms with Crippen LogP contribution < -0.4 is 0 Å². The highest BCUT2D eigenvalue weighted by molar-refractivity contribution is 5.09. The van der Waals surface area contributed by atoms with Crippen LogP contribution in [0.5, 0.6) is 0 Å². The van der Waals surface area contributed by atoms with Gasteiger partial charge in [-0.1, -0.05) is 13.8 Å². The van der Waals surface area contributed by atoms with Crippen LogP contribution in [0.4, 0.5) is 0 Å². The van der Waals surface area contributed by atoms with Crippen molar-refractivity contribution in [1.82, 2.24) is 9.78 Å². The summed E-state index contributed by atoms with van der Waals surface area (Å²) in [6.07, 6.45) is 2.23. The predicted molar refractivity (Wildman–Crippen MR) is 58.4 cm³/mol. The Kier molecular flexibility index (Phi) is 3.88. The number of rotatable bonds is 5. The van der Waals surface area contributed by atoms with Crippen LogP contribution in [0.15, 0.2) is 12.3 Å². The van der Waals surface area contributed by atoms with Gasteiger partial charge in [-0.05, 0) is 25.8 Å². The number of aliphatic hydroxyl groups excluding tert-OH is 1. The van der Waals surface area contributed by atoms with Crippen LogP contribution in [-0.2, 0) is 6.54 Å². The third kappa shape index (κ3) is 2.58. The molecule has 2 N–H and O–H groups in total. The third-order valence-corrected chi connectivity index (χ3v) is 2.77. The zero-order valence-electron chi connectivity index (χ0n) is 9.64. The molecule has 2 atom stereocenters. The third-order valence-electron chi connectivity index (χ3n) is 2.77. The van der Waals surface area contributed by atoms with Crippen LogP contribution in [0.3, 0.4) is 0 Å². The maximum Gasteiger partial charge on any atom is 0.124 e. The first-order valence-electron chi connectivity index (χ1n) is 5.45. The summed E-state index contributed by atoms with van der Waals surface area (Å²) in [5.74, 6) is 0. The van der Waals surface area contributed by atoms with E-state index in [4.69, 9.17) is 0 Å². The molecule has 0 aromatic carbocycles. The summed E-state index contributed by atoms with van der Waals surface area (Å²) in [6.45, 7) is 6.31. The Hall–Kier alpha value is -0.870. The molecule has 0 aliphatic rings. The summed E-state index contributed by atoms with van der Waals surface area (Å²) in [6, 6.07) is 1.75. The molecule has 1 aromatic rings. The molecule has 4 nitrogen and oxygen atoms in total. The molecule has 0 spiro atoms. The van der Waals surface area contributed by atoms with E-state index in [2.05, 4.69) is 12.0 Å². The average Bonchev–Trinajstić information content (AvgIpc) is 2.65. The minimum absolute atomic E-state index is 0.505. The Balaban J connectivity index is 2.90. The second-order valence-electron chi connectivity index (χ2n) is 4.09. The smallest absolute Gasteiger partial charge is 0.124 e. The van der Waals surface area contributed by atoms with Crippen LogP contribution in [0.2, 0.25) is 0 Å². The second-order valence-corrected chi connectivity index (χ2v) is 4.09. The largest absolute Gasteiger partial charge is 0.387 e. The molecular weight excluding hydrogens is 192 g/mol. The Labute approximate surface area is 90.5 Å². The molecule has 0 aliphatic carbocycles. The maximum absolute atomic E-state index is 10.0. The van der Waals surface area contributed by atoms with Gasteiger partial charge in [0.25, 0.3) is 0 Å². The fourth-order valence-corrected chi connectivity index (χ4v) is 1.49. The van der Waals surface area contributed by atoms with Crippen LogP contribution >= 0.6 is 0 Å². The number of hydrogen-bond donors (Lipinski definition) is 2. The highest BCUT2D eigenvalue weighted by Gasteiger charge is 2.31. The molecule has 15 heavy (non-hydrogen) atoms. The van der Waals surface area contributed by atoms with Crippen LogP contribution in [0.1, 0.15) is 45.4 Å². The molecule has 0 saturated heterocycles. The van der Waals surface area contributed by atoms with Gasteiger partial charge in [0.15, 0.2) is 0 Å². The molecular formula is C11H20N2O2. The fraction of sp³-hybridized carbons (Fsp3) is 0.727. The van der Waals surface area contributed by atoms with Crippen molar-refractivity contribution in [1.29, 1.82) is 0 Å². The molecule has 0 aliphatic heterocycles. The van der Waals surface area contributed by atoms with Gasteiger partial charge >= 0.3 is 0 Å². The summed E-state index contributed by atoms with van der Waals surface area (Å²) >= 11 is 0. The van der Waals surface area contributed by atoms with Gasteiger partial charge in [-0.3, -0.25) is 4.68 Å². The minimum atomic E-state index is -1.09. The molecule has 0 amide bonds. The van der Waals surface area contributed by atoms with Gasteiger partial charge in [0, 0.05) is 12.7 Å². The van der Waals surface area contributed by atoms with Gasteiger partial charge in [-0.2, -0.15) is 5.10 Å².